The molecule has 2 aliphatic rings. The number of oxazole rings is 1. The molecule has 10 heteroatoms. The van der Waals surface area contributed by atoms with Gasteiger partial charge in [0.1, 0.15) is 18.7 Å². The first-order valence-electron chi connectivity index (χ1n) is 11.0. The van der Waals surface area contributed by atoms with E-state index in [1.165, 1.54) is 6.26 Å². The molecule has 5 rings (SSSR count). The molecule has 3 aromatic heterocycles. The lowest BCUT2D eigenvalue weighted by atomic mass is 10.1. The predicted molar refractivity (Wildman–Crippen MR) is 118 cm³/mol. The topological polar surface area (TPSA) is 107 Å². The molecule has 0 saturated carbocycles. The molecule has 1 fully saturated rings. The van der Waals surface area contributed by atoms with Crippen molar-refractivity contribution in [2.24, 2.45) is 0 Å². The maximum atomic E-state index is 12.7. The molecule has 0 aliphatic carbocycles. The summed E-state index contributed by atoms with van der Waals surface area (Å²) in [5.74, 6) is 1.55. The zero-order valence-corrected chi connectivity index (χ0v) is 18.9. The number of aromatic nitrogens is 4. The van der Waals surface area contributed by atoms with E-state index in [1.54, 1.807) is 25.3 Å². The van der Waals surface area contributed by atoms with Crippen LogP contribution in [-0.4, -0.2) is 63.6 Å². The summed E-state index contributed by atoms with van der Waals surface area (Å²) in [5.41, 5.74) is 4.31. The van der Waals surface area contributed by atoms with Gasteiger partial charge in [-0.1, -0.05) is 0 Å². The molecular weight excluding hydrogens is 424 g/mol. The first-order chi connectivity index (χ1) is 16.0. The van der Waals surface area contributed by atoms with Crippen LogP contribution in [-0.2, 0) is 13.0 Å². The van der Waals surface area contributed by atoms with Gasteiger partial charge >= 0.3 is 0 Å². The van der Waals surface area contributed by atoms with Gasteiger partial charge in [-0.05, 0) is 13.0 Å². The van der Waals surface area contributed by atoms with E-state index in [4.69, 9.17) is 13.9 Å². The average Bonchev–Trinajstić information content (AvgIpc) is 3.48. The number of hydrogen-bond acceptors (Lipinski definition) is 9. The van der Waals surface area contributed by atoms with Crippen LogP contribution >= 0.6 is 0 Å². The highest BCUT2D eigenvalue weighted by molar-refractivity contribution is 5.92. The second-order valence-electron chi connectivity index (χ2n) is 8.33. The molecule has 0 aromatic carbocycles. The quantitative estimate of drug-likeness (QED) is 0.579. The Morgan fingerprint density at radius 3 is 2.82 bits per heavy atom. The lowest BCUT2D eigenvalue weighted by molar-refractivity contribution is 0.0765. The van der Waals surface area contributed by atoms with Gasteiger partial charge in [0.05, 0.1) is 43.3 Å². The molecule has 3 aromatic rings. The third-order valence-electron chi connectivity index (χ3n) is 6.09. The number of rotatable bonds is 5. The molecule has 5 heterocycles. The van der Waals surface area contributed by atoms with Crippen molar-refractivity contribution in [2.75, 3.05) is 31.6 Å². The van der Waals surface area contributed by atoms with Crippen LogP contribution in [0.4, 0.5) is 5.69 Å². The molecule has 0 N–H and O–H groups in total. The largest absolute Gasteiger partial charge is 0.481 e. The van der Waals surface area contributed by atoms with Gasteiger partial charge in [0, 0.05) is 38.4 Å². The minimum Gasteiger partial charge on any atom is -0.481 e. The highest BCUT2D eigenvalue weighted by Crippen LogP contribution is 2.31. The second kappa shape index (κ2) is 8.68. The second-order valence-corrected chi connectivity index (χ2v) is 8.33. The number of likely N-dealkylation sites (tertiary alicyclic amines) is 1. The molecule has 0 radical (unpaired) electrons. The number of methoxy groups -OCH3 is 1. The summed E-state index contributed by atoms with van der Waals surface area (Å²) in [7, 11) is 1.62. The van der Waals surface area contributed by atoms with Gasteiger partial charge in [-0.2, -0.15) is 0 Å². The number of nitrogens with zero attached hydrogens (tertiary/aromatic N) is 6. The third-order valence-corrected chi connectivity index (χ3v) is 6.09. The van der Waals surface area contributed by atoms with Gasteiger partial charge in [0.15, 0.2) is 11.6 Å². The number of aryl methyl sites for hydroxylation is 2. The number of hydrogen-bond donors (Lipinski definition) is 0. The van der Waals surface area contributed by atoms with Crippen molar-refractivity contribution in [3.05, 3.63) is 53.3 Å². The number of pyridine rings is 1. The Morgan fingerprint density at radius 2 is 2.06 bits per heavy atom. The van der Waals surface area contributed by atoms with E-state index in [0.717, 1.165) is 41.9 Å². The molecule has 10 nitrogen and oxygen atoms in total. The highest BCUT2D eigenvalue weighted by Gasteiger charge is 2.31. The van der Waals surface area contributed by atoms with Gasteiger partial charge in [0.25, 0.3) is 5.91 Å². The zero-order chi connectivity index (χ0) is 22.9. The molecule has 0 spiro atoms. The van der Waals surface area contributed by atoms with Crippen molar-refractivity contribution in [3.8, 4) is 11.8 Å². The predicted octanol–water partition coefficient (Wildman–Crippen LogP) is 2.34. The fourth-order valence-electron chi connectivity index (χ4n) is 4.36. The monoisotopic (exact) mass is 450 g/mol. The van der Waals surface area contributed by atoms with Crippen LogP contribution in [0, 0.1) is 13.8 Å². The van der Waals surface area contributed by atoms with E-state index in [-0.39, 0.29) is 12.0 Å². The van der Waals surface area contributed by atoms with Crippen LogP contribution in [0.15, 0.2) is 29.3 Å². The number of amides is 1. The summed E-state index contributed by atoms with van der Waals surface area (Å²) < 4.78 is 16.7. The number of fused-ring (bicyclic) bond motifs is 1. The van der Waals surface area contributed by atoms with Crippen LogP contribution in [0.2, 0.25) is 0 Å². The summed E-state index contributed by atoms with van der Waals surface area (Å²) in [6, 6.07) is 2.08. The summed E-state index contributed by atoms with van der Waals surface area (Å²) >= 11 is 0. The molecule has 1 amide bonds. The van der Waals surface area contributed by atoms with Crippen LogP contribution in [0.25, 0.3) is 0 Å². The summed E-state index contributed by atoms with van der Waals surface area (Å²) in [6.07, 6.45) is 6.16. The molecule has 33 heavy (non-hydrogen) atoms. The van der Waals surface area contributed by atoms with Gasteiger partial charge < -0.3 is 23.7 Å². The van der Waals surface area contributed by atoms with E-state index in [2.05, 4.69) is 30.9 Å². The smallest absolute Gasteiger partial charge is 0.275 e. The first kappa shape index (κ1) is 21.2. The minimum absolute atomic E-state index is 0.138. The Labute approximate surface area is 191 Å². The maximum Gasteiger partial charge on any atom is 0.275 e. The van der Waals surface area contributed by atoms with Crippen LogP contribution in [0.5, 0.6) is 11.8 Å². The Hall–Kier alpha value is -3.69. The lowest BCUT2D eigenvalue weighted by Crippen LogP contribution is -2.33. The molecule has 1 saturated heterocycles. The van der Waals surface area contributed by atoms with Crippen LogP contribution < -0.4 is 14.4 Å². The fraction of sp³-hybridized carbons (Fsp3) is 0.435. The fourth-order valence-corrected chi connectivity index (χ4v) is 4.36. The van der Waals surface area contributed by atoms with Crippen molar-refractivity contribution in [3.63, 3.8) is 0 Å². The van der Waals surface area contributed by atoms with E-state index in [0.29, 0.717) is 43.0 Å². The Kier molecular flexibility index (Phi) is 5.57. The average molecular weight is 450 g/mol. The van der Waals surface area contributed by atoms with Gasteiger partial charge in [-0.15, -0.1) is 0 Å². The van der Waals surface area contributed by atoms with Gasteiger partial charge in [-0.25, -0.2) is 19.9 Å². The SMILES string of the molecule is COc1ncc(N2CCc3ncnc(O[C@H]4CCN(C(=O)c5coc(C)n5)C4)c3C2)cc1C. The Morgan fingerprint density at radius 1 is 1.18 bits per heavy atom. The van der Waals surface area contributed by atoms with Crippen LogP contribution in [0.1, 0.15) is 39.6 Å². The summed E-state index contributed by atoms with van der Waals surface area (Å²) in [6.45, 7) is 6.25. The van der Waals surface area contributed by atoms with E-state index in [1.807, 2.05) is 13.1 Å². The Balaban J connectivity index is 1.29. The molecule has 172 valence electrons. The third kappa shape index (κ3) is 4.20. The summed E-state index contributed by atoms with van der Waals surface area (Å²) in [4.78, 5) is 34.1. The normalized spacial score (nSPS) is 17.7. The minimum atomic E-state index is -0.142. The highest BCUT2D eigenvalue weighted by atomic mass is 16.5. The van der Waals surface area contributed by atoms with E-state index in [9.17, 15) is 4.79 Å². The molecule has 2 aliphatic heterocycles. The standard InChI is InChI=1S/C23H26N6O4/c1-14-8-16(9-24-21(14)31-3)28-7-5-19-18(11-28)22(26-13-25-19)33-17-4-6-29(10-17)23(30)20-12-32-15(2)27-20/h8-9,12-13,17H,4-7,10-11H2,1-3H3/t17-/m0/s1. The van der Waals surface area contributed by atoms with Crippen LogP contribution in [0.3, 0.4) is 0 Å². The molecule has 1 atom stereocenters. The van der Waals surface area contributed by atoms with E-state index >= 15 is 0 Å². The molecule has 0 bridgehead atoms. The molecular formula is C23H26N6O4. The van der Waals surface area contributed by atoms with Crippen molar-refractivity contribution in [2.45, 2.75) is 39.3 Å². The summed E-state index contributed by atoms with van der Waals surface area (Å²) in [5, 5.41) is 0. The van der Waals surface area contributed by atoms with Crippen molar-refractivity contribution < 1.29 is 18.7 Å². The van der Waals surface area contributed by atoms with E-state index < -0.39 is 0 Å². The molecule has 0 unspecified atom stereocenters. The number of carbonyl (C=O) groups excluding carboxylic acids is 1. The lowest BCUT2D eigenvalue weighted by Gasteiger charge is -2.31. The van der Waals surface area contributed by atoms with Gasteiger partial charge in [0.2, 0.25) is 11.8 Å². The number of ether oxygens (including phenoxy) is 2. The Bertz CT molecular complexity index is 1180. The number of carbonyl (C=O) groups is 1. The first-order valence-corrected chi connectivity index (χ1v) is 11.0. The van der Waals surface area contributed by atoms with Crippen molar-refractivity contribution in [1.29, 1.82) is 0 Å². The van der Waals surface area contributed by atoms with Gasteiger partial charge in [-0.3, -0.25) is 4.79 Å². The van der Waals surface area contributed by atoms with Crippen molar-refractivity contribution >= 4 is 11.6 Å². The maximum absolute atomic E-state index is 12.7. The number of anilines is 1. The van der Waals surface area contributed by atoms with Crippen molar-refractivity contribution in [1.82, 2.24) is 24.8 Å². The zero-order valence-electron chi connectivity index (χ0n) is 18.9.